The molecule has 0 unspecified atom stereocenters. The lowest BCUT2D eigenvalue weighted by Crippen LogP contribution is -1.84. The average Bonchev–Trinajstić information content (AvgIpc) is 2.78. The zero-order chi connectivity index (χ0) is 11.4. The largest absolute Gasteiger partial charge is 0.356 e. The van der Waals surface area contributed by atoms with Crippen molar-refractivity contribution in [3.8, 4) is 11.3 Å². The summed E-state index contributed by atoms with van der Waals surface area (Å²) in [5.41, 5.74) is 3.32. The Balaban J connectivity index is 2.27. The van der Waals surface area contributed by atoms with Crippen LogP contribution < -0.4 is 0 Å². The van der Waals surface area contributed by atoms with E-state index in [1.54, 1.807) is 6.20 Å². The van der Waals surface area contributed by atoms with E-state index in [0.717, 1.165) is 29.7 Å². The van der Waals surface area contributed by atoms with Crippen LogP contribution in [0.4, 0.5) is 0 Å². The summed E-state index contributed by atoms with van der Waals surface area (Å²) >= 11 is 5.80. The summed E-state index contributed by atoms with van der Waals surface area (Å²) in [6, 6.07) is 8.36. The van der Waals surface area contributed by atoms with Crippen LogP contribution in [0.1, 0.15) is 24.5 Å². The molecular formula is C13H14ClNO. The third-order valence-electron chi connectivity index (χ3n) is 2.54. The van der Waals surface area contributed by atoms with Crippen molar-refractivity contribution < 1.29 is 4.52 Å². The molecule has 0 aliphatic rings. The minimum absolute atomic E-state index is 0.426. The molecule has 1 heterocycles. The van der Waals surface area contributed by atoms with Crippen molar-refractivity contribution >= 4 is 11.6 Å². The van der Waals surface area contributed by atoms with E-state index < -0.39 is 0 Å². The van der Waals surface area contributed by atoms with Crippen LogP contribution in [0, 0.1) is 0 Å². The predicted octanol–water partition coefficient (Wildman–Crippen LogP) is 4.03. The fourth-order valence-corrected chi connectivity index (χ4v) is 1.90. The van der Waals surface area contributed by atoms with Gasteiger partial charge in [0, 0.05) is 11.1 Å². The number of nitrogens with zero attached hydrogens (tertiary/aromatic N) is 1. The topological polar surface area (TPSA) is 26.0 Å². The van der Waals surface area contributed by atoms with Crippen LogP contribution in [-0.2, 0) is 12.3 Å². The maximum absolute atomic E-state index is 5.80. The van der Waals surface area contributed by atoms with Crippen molar-refractivity contribution in [2.75, 3.05) is 0 Å². The molecule has 3 heteroatoms. The molecule has 2 aromatic rings. The van der Waals surface area contributed by atoms with Crippen LogP contribution >= 0.6 is 11.6 Å². The van der Waals surface area contributed by atoms with Crippen LogP contribution in [0.15, 0.2) is 35.0 Å². The van der Waals surface area contributed by atoms with Gasteiger partial charge in [-0.3, -0.25) is 0 Å². The Morgan fingerprint density at radius 1 is 1.25 bits per heavy atom. The summed E-state index contributed by atoms with van der Waals surface area (Å²) in [6.07, 6.45) is 3.94. The minimum atomic E-state index is 0.426. The molecule has 16 heavy (non-hydrogen) atoms. The first-order valence-electron chi connectivity index (χ1n) is 5.44. The molecule has 0 aliphatic carbocycles. The number of benzene rings is 1. The molecule has 0 bridgehead atoms. The Kier molecular flexibility index (Phi) is 3.62. The fraction of sp³-hybridized carbons (Fsp3) is 0.308. The number of hydrogen-bond acceptors (Lipinski definition) is 2. The summed E-state index contributed by atoms with van der Waals surface area (Å²) in [5, 5.41) is 3.77. The molecule has 2 rings (SSSR count). The normalized spacial score (nSPS) is 10.6. The number of hydrogen-bond donors (Lipinski definition) is 0. The van der Waals surface area contributed by atoms with Crippen LogP contribution in [0.3, 0.4) is 0 Å². The van der Waals surface area contributed by atoms with E-state index in [-0.39, 0.29) is 0 Å². The van der Waals surface area contributed by atoms with Gasteiger partial charge in [0.05, 0.1) is 12.1 Å². The second kappa shape index (κ2) is 5.17. The molecule has 0 N–H and O–H groups in total. The molecule has 2 nitrogen and oxygen atoms in total. The number of alkyl halides is 1. The van der Waals surface area contributed by atoms with Gasteiger partial charge in [-0.2, -0.15) is 0 Å². The monoisotopic (exact) mass is 235 g/mol. The van der Waals surface area contributed by atoms with Crippen molar-refractivity contribution in [2.24, 2.45) is 0 Å². The molecule has 0 fully saturated rings. The highest BCUT2D eigenvalue weighted by molar-refractivity contribution is 6.17. The van der Waals surface area contributed by atoms with Crippen molar-refractivity contribution in [1.82, 2.24) is 5.16 Å². The van der Waals surface area contributed by atoms with Crippen molar-refractivity contribution in [3.63, 3.8) is 0 Å². The molecular weight excluding hydrogens is 222 g/mol. The van der Waals surface area contributed by atoms with Crippen LogP contribution in [0.5, 0.6) is 0 Å². The lowest BCUT2D eigenvalue weighted by atomic mass is 10.1. The van der Waals surface area contributed by atoms with Gasteiger partial charge in [0.25, 0.3) is 0 Å². The Bertz CT molecular complexity index is 447. The van der Waals surface area contributed by atoms with E-state index in [9.17, 15) is 0 Å². The molecule has 0 saturated carbocycles. The van der Waals surface area contributed by atoms with E-state index >= 15 is 0 Å². The maximum atomic E-state index is 5.80. The molecule has 0 aliphatic heterocycles. The van der Waals surface area contributed by atoms with Gasteiger partial charge in [-0.25, -0.2) is 0 Å². The van der Waals surface area contributed by atoms with Crippen LogP contribution in [0.2, 0.25) is 0 Å². The van der Waals surface area contributed by atoms with E-state index in [0.29, 0.717) is 5.88 Å². The van der Waals surface area contributed by atoms with Gasteiger partial charge < -0.3 is 4.52 Å². The Hall–Kier alpha value is -1.28. The quantitative estimate of drug-likeness (QED) is 0.748. The van der Waals surface area contributed by atoms with Crippen molar-refractivity contribution in [2.45, 2.75) is 25.6 Å². The van der Waals surface area contributed by atoms with Crippen molar-refractivity contribution in [1.29, 1.82) is 0 Å². The van der Waals surface area contributed by atoms with E-state index in [1.807, 2.05) is 0 Å². The first-order chi connectivity index (χ1) is 7.85. The highest BCUT2D eigenvalue weighted by Gasteiger charge is 2.09. The number of aromatic nitrogens is 1. The number of rotatable bonds is 4. The number of halogens is 1. The molecule has 1 aromatic heterocycles. The smallest absolute Gasteiger partial charge is 0.171 e. The highest BCUT2D eigenvalue weighted by atomic mass is 35.5. The van der Waals surface area contributed by atoms with E-state index in [2.05, 4.69) is 36.3 Å². The molecule has 0 radical (unpaired) electrons. The average molecular weight is 236 g/mol. The van der Waals surface area contributed by atoms with Gasteiger partial charge in [-0.15, -0.1) is 11.6 Å². The Morgan fingerprint density at radius 2 is 2.00 bits per heavy atom. The Labute approximate surface area is 100 Å². The second-order valence-corrected chi connectivity index (χ2v) is 4.03. The zero-order valence-corrected chi connectivity index (χ0v) is 10.00. The summed E-state index contributed by atoms with van der Waals surface area (Å²) in [5.74, 6) is 1.20. The van der Waals surface area contributed by atoms with Gasteiger partial charge in [-0.1, -0.05) is 42.8 Å². The third kappa shape index (κ3) is 2.27. The summed E-state index contributed by atoms with van der Waals surface area (Å²) < 4.78 is 5.21. The first-order valence-corrected chi connectivity index (χ1v) is 5.97. The van der Waals surface area contributed by atoms with Crippen molar-refractivity contribution in [3.05, 3.63) is 41.6 Å². The van der Waals surface area contributed by atoms with E-state index in [4.69, 9.17) is 16.1 Å². The predicted molar refractivity (Wildman–Crippen MR) is 65.5 cm³/mol. The highest BCUT2D eigenvalue weighted by Crippen LogP contribution is 2.25. The second-order valence-electron chi connectivity index (χ2n) is 3.76. The molecule has 0 saturated heterocycles. The lowest BCUT2D eigenvalue weighted by molar-refractivity contribution is 0.432. The molecule has 0 atom stereocenters. The zero-order valence-electron chi connectivity index (χ0n) is 9.24. The molecule has 0 amide bonds. The van der Waals surface area contributed by atoms with Gasteiger partial charge in [0.1, 0.15) is 0 Å². The van der Waals surface area contributed by atoms with Gasteiger partial charge in [0.15, 0.2) is 5.76 Å². The minimum Gasteiger partial charge on any atom is -0.356 e. The SMILES string of the molecule is CCCc1ccc(-c2oncc2CCl)cc1. The first kappa shape index (κ1) is 11.2. The summed E-state index contributed by atoms with van der Waals surface area (Å²) in [4.78, 5) is 0. The van der Waals surface area contributed by atoms with Gasteiger partial charge >= 0.3 is 0 Å². The Morgan fingerprint density at radius 3 is 2.62 bits per heavy atom. The maximum Gasteiger partial charge on any atom is 0.171 e. The fourth-order valence-electron chi connectivity index (χ4n) is 1.70. The van der Waals surface area contributed by atoms with Gasteiger partial charge in [0.2, 0.25) is 0 Å². The lowest BCUT2D eigenvalue weighted by Gasteiger charge is -2.01. The van der Waals surface area contributed by atoms with Crippen LogP contribution in [0.25, 0.3) is 11.3 Å². The van der Waals surface area contributed by atoms with E-state index in [1.165, 1.54) is 5.56 Å². The summed E-state index contributed by atoms with van der Waals surface area (Å²) in [6.45, 7) is 2.18. The molecule has 84 valence electrons. The standard InChI is InChI=1S/C13H14ClNO/c1-2-3-10-4-6-11(7-5-10)13-12(8-14)9-15-16-13/h4-7,9H,2-3,8H2,1H3. The molecule has 1 aromatic carbocycles. The molecule has 0 spiro atoms. The third-order valence-corrected chi connectivity index (χ3v) is 2.83. The summed E-state index contributed by atoms with van der Waals surface area (Å²) in [7, 11) is 0. The van der Waals surface area contributed by atoms with Crippen LogP contribution in [-0.4, -0.2) is 5.16 Å². The van der Waals surface area contributed by atoms with Gasteiger partial charge in [-0.05, 0) is 12.0 Å². The number of aryl methyl sites for hydroxylation is 1.